The summed E-state index contributed by atoms with van der Waals surface area (Å²) in [5.41, 5.74) is 7.68. The number of hydrogen-bond acceptors (Lipinski definition) is 3. The van der Waals surface area contributed by atoms with Crippen molar-refractivity contribution in [3.05, 3.63) is 53.2 Å². The van der Waals surface area contributed by atoms with E-state index in [-0.39, 0.29) is 5.82 Å². The van der Waals surface area contributed by atoms with Gasteiger partial charge in [-0.3, -0.25) is 0 Å². The number of nitrogen functional groups attached to an aromatic ring is 1. The van der Waals surface area contributed by atoms with Gasteiger partial charge in [-0.15, -0.1) is 0 Å². The van der Waals surface area contributed by atoms with Crippen LogP contribution < -0.4 is 10.6 Å². The van der Waals surface area contributed by atoms with Crippen LogP contribution in [0, 0.1) is 0 Å². The quantitative estimate of drug-likeness (QED) is 0.877. The topological polar surface area (TPSA) is 42.1 Å². The molecule has 0 unspecified atom stereocenters. The number of halogens is 3. The highest BCUT2D eigenvalue weighted by Crippen LogP contribution is 2.34. The van der Waals surface area contributed by atoms with Crippen LogP contribution in [0.1, 0.15) is 16.7 Å². The molecule has 0 atom stereocenters. The second-order valence-corrected chi connectivity index (χ2v) is 5.07. The van der Waals surface area contributed by atoms with Gasteiger partial charge in [-0.1, -0.05) is 24.3 Å². The van der Waals surface area contributed by atoms with Gasteiger partial charge in [-0.25, -0.2) is 4.98 Å². The average Bonchev–Trinajstić information content (AvgIpc) is 2.46. The van der Waals surface area contributed by atoms with E-state index in [1.165, 1.54) is 5.56 Å². The first-order valence-corrected chi connectivity index (χ1v) is 6.59. The Hall–Kier alpha value is -2.24. The monoisotopic (exact) mass is 293 g/mol. The lowest BCUT2D eigenvalue weighted by atomic mass is 9.99. The maximum atomic E-state index is 12.8. The first-order chi connectivity index (χ1) is 9.95. The smallest absolute Gasteiger partial charge is 0.382 e. The highest BCUT2D eigenvalue weighted by atomic mass is 19.4. The van der Waals surface area contributed by atoms with E-state index in [4.69, 9.17) is 5.73 Å². The Balaban J connectivity index is 1.95. The predicted molar refractivity (Wildman–Crippen MR) is 74.8 cm³/mol. The van der Waals surface area contributed by atoms with E-state index in [0.717, 1.165) is 24.2 Å². The van der Waals surface area contributed by atoms with Crippen molar-refractivity contribution in [1.82, 2.24) is 4.98 Å². The Kier molecular flexibility index (Phi) is 3.23. The number of alkyl halides is 3. The summed E-state index contributed by atoms with van der Waals surface area (Å²) in [5, 5.41) is 0. The summed E-state index contributed by atoms with van der Waals surface area (Å²) in [6, 6.07) is 9.00. The SMILES string of the molecule is Nc1ncc(C(F)(F)F)cc1N1CCc2ccccc2C1. The highest BCUT2D eigenvalue weighted by molar-refractivity contribution is 5.65. The molecule has 0 aliphatic carbocycles. The van der Waals surface area contributed by atoms with Gasteiger partial charge in [0.1, 0.15) is 5.82 Å². The molecule has 1 aromatic carbocycles. The Morgan fingerprint density at radius 2 is 1.86 bits per heavy atom. The molecular formula is C15H14F3N3. The summed E-state index contributed by atoms with van der Waals surface area (Å²) in [4.78, 5) is 5.54. The van der Waals surface area contributed by atoms with Crippen LogP contribution in [0.4, 0.5) is 24.7 Å². The lowest BCUT2D eigenvalue weighted by Crippen LogP contribution is -2.31. The molecule has 21 heavy (non-hydrogen) atoms. The van der Waals surface area contributed by atoms with Gasteiger partial charge in [0.2, 0.25) is 0 Å². The van der Waals surface area contributed by atoms with Crippen molar-refractivity contribution >= 4 is 11.5 Å². The first-order valence-electron chi connectivity index (χ1n) is 6.59. The van der Waals surface area contributed by atoms with E-state index in [2.05, 4.69) is 4.98 Å². The van der Waals surface area contributed by atoms with Crippen LogP contribution in [0.5, 0.6) is 0 Å². The molecule has 2 N–H and O–H groups in total. The normalized spacial score (nSPS) is 14.9. The molecule has 0 fully saturated rings. The minimum atomic E-state index is -4.41. The molecule has 0 amide bonds. The lowest BCUT2D eigenvalue weighted by molar-refractivity contribution is -0.137. The van der Waals surface area contributed by atoms with Gasteiger partial charge in [-0.2, -0.15) is 13.2 Å². The second kappa shape index (κ2) is 4.95. The van der Waals surface area contributed by atoms with Crippen molar-refractivity contribution < 1.29 is 13.2 Å². The Labute approximate surface area is 120 Å². The third kappa shape index (κ3) is 2.66. The largest absolute Gasteiger partial charge is 0.417 e. The van der Waals surface area contributed by atoms with Gasteiger partial charge in [0.25, 0.3) is 0 Å². The molecule has 0 radical (unpaired) electrons. The van der Waals surface area contributed by atoms with Gasteiger partial charge in [0.15, 0.2) is 0 Å². The molecule has 0 saturated carbocycles. The zero-order valence-electron chi connectivity index (χ0n) is 11.2. The van der Waals surface area contributed by atoms with Crippen LogP contribution in [0.25, 0.3) is 0 Å². The van der Waals surface area contributed by atoms with Crippen molar-refractivity contribution in [2.24, 2.45) is 0 Å². The van der Waals surface area contributed by atoms with Gasteiger partial charge in [-0.05, 0) is 23.6 Å². The molecule has 1 aromatic heterocycles. The fourth-order valence-corrected chi connectivity index (χ4v) is 2.57. The number of aromatic nitrogens is 1. The number of benzene rings is 1. The fraction of sp³-hybridized carbons (Fsp3) is 0.267. The highest BCUT2D eigenvalue weighted by Gasteiger charge is 2.32. The first kappa shape index (κ1) is 13.7. The summed E-state index contributed by atoms with van der Waals surface area (Å²) in [5.74, 6) is 0.127. The second-order valence-electron chi connectivity index (χ2n) is 5.07. The minimum Gasteiger partial charge on any atom is -0.382 e. The van der Waals surface area contributed by atoms with Crippen molar-refractivity contribution in [2.45, 2.75) is 19.1 Å². The van der Waals surface area contributed by atoms with E-state index in [1.54, 1.807) is 0 Å². The third-order valence-electron chi connectivity index (χ3n) is 3.70. The molecule has 2 heterocycles. The van der Waals surface area contributed by atoms with Gasteiger partial charge in [0, 0.05) is 19.3 Å². The predicted octanol–water partition coefficient (Wildman–Crippen LogP) is 3.25. The van der Waals surface area contributed by atoms with Gasteiger partial charge >= 0.3 is 6.18 Å². The Morgan fingerprint density at radius 3 is 2.57 bits per heavy atom. The molecule has 0 bridgehead atoms. The van der Waals surface area contributed by atoms with Gasteiger partial charge < -0.3 is 10.6 Å². The molecule has 3 rings (SSSR count). The van der Waals surface area contributed by atoms with Crippen LogP contribution in [-0.4, -0.2) is 11.5 Å². The van der Waals surface area contributed by atoms with Crippen LogP contribution in [0.3, 0.4) is 0 Å². The van der Waals surface area contributed by atoms with Crippen molar-refractivity contribution in [2.75, 3.05) is 17.2 Å². The molecule has 3 nitrogen and oxygen atoms in total. The number of pyridine rings is 1. The average molecular weight is 293 g/mol. The van der Waals surface area contributed by atoms with Crippen molar-refractivity contribution in [3.8, 4) is 0 Å². The Morgan fingerprint density at radius 1 is 1.14 bits per heavy atom. The Bertz CT molecular complexity index is 667. The summed E-state index contributed by atoms with van der Waals surface area (Å²) in [6.45, 7) is 1.17. The molecule has 1 aliphatic rings. The summed E-state index contributed by atoms with van der Waals surface area (Å²) < 4.78 is 38.4. The minimum absolute atomic E-state index is 0.127. The molecule has 0 spiro atoms. The zero-order chi connectivity index (χ0) is 15.0. The number of fused-ring (bicyclic) bond motifs is 1. The maximum absolute atomic E-state index is 12.8. The van der Waals surface area contributed by atoms with Gasteiger partial charge in [0.05, 0.1) is 11.3 Å². The standard InChI is InChI=1S/C15H14F3N3/c16-15(17,18)12-7-13(14(19)20-8-12)21-6-5-10-3-1-2-4-11(10)9-21/h1-4,7-8H,5-6,9H2,(H2,19,20). The summed E-state index contributed by atoms with van der Waals surface area (Å²) in [6.07, 6.45) is -2.86. The van der Waals surface area contributed by atoms with Crippen LogP contribution in [-0.2, 0) is 19.1 Å². The molecule has 0 saturated heterocycles. The third-order valence-corrected chi connectivity index (χ3v) is 3.70. The zero-order valence-corrected chi connectivity index (χ0v) is 11.2. The van der Waals surface area contributed by atoms with Crippen molar-refractivity contribution in [1.29, 1.82) is 0 Å². The molecule has 2 aromatic rings. The number of anilines is 2. The number of hydrogen-bond donors (Lipinski definition) is 1. The lowest BCUT2D eigenvalue weighted by Gasteiger charge is -2.31. The molecule has 1 aliphatic heterocycles. The molecule has 6 heteroatoms. The van der Waals surface area contributed by atoms with E-state index < -0.39 is 11.7 Å². The molecule has 110 valence electrons. The number of nitrogens with zero attached hydrogens (tertiary/aromatic N) is 2. The van der Waals surface area contributed by atoms with E-state index in [1.807, 2.05) is 29.2 Å². The van der Waals surface area contributed by atoms with Crippen LogP contribution >= 0.6 is 0 Å². The molecular weight excluding hydrogens is 279 g/mol. The number of rotatable bonds is 1. The fourth-order valence-electron chi connectivity index (χ4n) is 2.57. The summed E-state index contributed by atoms with van der Waals surface area (Å²) in [7, 11) is 0. The van der Waals surface area contributed by atoms with Crippen molar-refractivity contribution in [3.63, 3.8) is 0 Å². The van der Waals surface area contributed by atoms with Crippen LogP contribution in [0.15, 0.2) is 36.5 Å². The van der Waals surface area contributed by atoms with Crippen LogP contribution in [0.2, 0.25) is 0 Å². The summed E-state index contributed by atoms with van der Waals surface area (Å²) >= 11 is 0. The van der Waals surface area contributed by atoms with E-state index >= 15 is 0 Å². The maximum Gasteiger partial charge on any atom is 0.417 e. The van der Waals surface area contributed by atoms with E-state index in [0.29, 0.717) is 18.8 Å². The van der Waals surface area contributed by atoms with E-state index in [9.17, 15) is 13.2 Å². The number of nitrogens with two attached hydrogens (primary N) is 1.